The summed E-state index contributed by atoms with van der Waals surface area (Å²) in [6, 6.07) is 0. The van der Waals surface area contributed by atoms with E-state index < -0.39 is 6.10 Å². The van der Waals surface area contributed by atoms with Crippen LogP contribution in [-0.4, -0.2) is 37.2 Å². The highest BCUT2D eigenvalue weighted by molar-refractivity contribution is 5.71. The van der Waals surface area contributed by atoms with Crippen molar-refractivity contribution < 1.29 is 28.6 Å². The van der Waals surface area contributed by atoms with Crippen LogP contribution in [0.5, 0.6) is 0 Å². The van der Waals surface area contributed by atoms with E-state index in [0.29, 0.717) is 19.3 Å². The minimum atomic E-state index is -0.799. The smallest absolute Gasteiger partial charge is 0.306 e. The van der Waals surface area contributed by atoms with Gasteiger partial charge in [0.1, 0.15) is 13.2 Å². The number of carbonyl (C=O) groups excluding carboxylic acids is 3. The van der Waals surface area contributed by atoms with E-state index in [1.165, 1.54) is 83.5 Å². The molecule has 0 aliphatic heterocycles. The number of rotatable bonds is 59. The molecule has 0 fully saturated rings. The first kappa shape index (κ1) is 76.3. The second-order valence-corrected chi connectivity index (χ2v) is 21.6. The molecule has 0 amide bonds. The average molecular weight is 1120 g/mol. The highest BCUT2D eigenvalue weighted by Crippen LogP contribution is 2.16. The molecule has 6 nitrogen and oxygen atoms in total. The molecule has 1 unspecified atom stereocenters. The Bertz CT molecular complexity index is 1760. The van der Waals surface area contributed by atoms with E-state index in [2.05, 4.69) is 167 Å². The third kappa shape index (κ3) is 66.0. The van der Waals surface area contributed by atoms with Gasteiger partial charge in [-0.3, -0.25) is 14.4 Å². The molecule has 0 aliphatic carbocycles. The molecule has 0 saturated heterocycles. The maximum Gasteiger partial charge on any atom is 0.306 e. The van der Waals surface area contributed by atoms with Crippen LogP contribution in [0.3, 0.4) is 0 Å². The van der Waals surface area contributed by atoms with Gasteiger partial charge in [-0.2, -0.15) is 0 Å². The van der Waals surface area contributed by atoms with E-state index in [1.54, 1.807) is 0 Å². The van der Waals surface area contributed by atoms with Crippen molar-refractivity contribution in [1.82, 2.24) is 0 Å². The number of unbranched alkanes of at least 4 members (excludes halogenated alkanes) is 24. The summed E-state index contributed by atoms with van der Waals surface area (Å²) in [7, 11) is 0. The Balaban J connectivity index is 4.42. The Morgan fingerprint density at radius 3 is 0.753 bits per heavy atom. The standard InChI is InChI=1S/C75H122O6/c1-4-7-10-13-16-19-22-25-27-29-31-33-35-36-37-38-40-41-43-45-47-50-53-56-59-62-65-68-74(77)80-71-72(70-79-73(76)67-64-61-58-55-52-49-24-21-18-15-12-9-6-3)81-75(78)69-66-63-60-57-54-51-48-46-44-42-39-34-32-30-28-26-23-20-17-14-11-8-5-2/h7-8,10-11,16-17,19-20,25-28,31-34,36-37,40-42,44-45,47,72H,4-6,9,12-15,18,21-24,29-30,35,38-39,43,46,48-71H2,1-3H3/b10-7-,11-8-,19-16-,20-17-,27-25-,28-26-,33-31-,34-32-,37-36-,41-40-,44-42-,47-45-. The second kappa shape index (κ2) is 67.8. The molecular formula is C75H122O6. The molecule has 458 valence electrons. The first-order valence-corrected chi connectivity index (χ1v) is 33.3. The van der Waals surface area contributed by atoms with Crippen molar-refractivity contribution in [1.29, 1.82) is 0 Å². The lowest BCUT2D eigenvalue weighted by atomic mass is 10.0. The van der Waals surface area contributed by atoms with E-state index in [1.807, 2.05) is 0 Å². The van der Waals surface area contributed by atoms with Crippen LogP contribution in [-0.2, 0) is 28.6 Å². The maximum absolute atomic E-state index is 12.9. The van der Waals surface area contributed by atoms with Gasteiger partial charge in [0, 0.05) is 19.3 Å². The fraction of sp³-hybridized carbons (Fsp3) is 0.640. The molecule has 0 aromatic carbocycles. The molecule has 0 heterocycles. The molecule has 0 aromatic heterocycles. The first-order chi connectivity index (χ1) is 40.0. The lowest BCUT2D eigenvalue weighted by molar-refractivity contribution is -0.167. The molecule has 0 radical (unpaired) electrons. The summed E-state index contributed by atoms with van der Waals surface area (Å²) in [4.78, 5) is 38.4. The fourth-order valence-corrected chi connectivity index (χ4v) is 8.92. The summed E-state index contributed by atoms with van der Waals surface area (Å²) in [6.07, 6.45) is 97.0. The van der Waals surface area contributed by atoms with Crippen LogP contribution >= 0.6 is 0 Å². The number of hydrogen-bond acceptors (Lipinski definition) is 6. The Morgan fingerprint density at radius 2 is 0.481 bits per heavy atom. The van der Waals surface area contributed by atoms with Crippen LogP contribution in [0.4, 0.5) is 0 Å². The average Bonchev–Trinajstić information content (AvgIpc) is 3.46. The summed E-state index contributed by atoms with van der Waals surface area (Å²) >= 11 is 0. The van der Waals surface area contributed by atoms with Crippen LogP contribution in [0.1, 0.15) is 290 Å². The molecule has 6 heteroatoms. The summed E-state index contributed by atoms with van der Waals surface area (Å²) in [5.41, 5.74) is 0. The van der Waals surface area contributed by atoms with Gasteiger partial charge < -0.3 is 14.2 Å². The molecule has 0 aromatic rings. The van der Waals surface area contributed by atoms with Crippen molar-refractivity contribution in [2.75, 3.05) is 13.2 Å². The quantitative estimate of drug-likeness (QED) is 0.0261. The largest absolute Gasteiger partial charge is 0.462 e. The zero-order valence-corrected chi connectivity index (χ0v) is 52.5. The van der Waals surface area contributed by atoms with Crippen molar-refractivity contribution >= 4 is 17.9 Å². The van der Waals surface area contributed by atoms with Crippen LogP contribution in [0, 0.1) is 0 Å². The highest BCUT2D eigenvalue weighted by Gasteiger charge is 2.19. The van der Waals surface area contributed by atoms with E-state index in [4.69, 9.17) is 14.2 Å². The van der Waals surface area contributed by atoms with Gasteiger partial charge in [0.05, 0.1) is 0 Å². The summed E-state index contributed by atoms with van der Waals surface area (Å²) in [5, 5.41) is 0. The minimum absolute atomic E-state index is 0.0915. The topological polar surface area (TPSA) is 78.9 Å². The summed E-state index contributed by atoms with van der Waals surface area (Å²) < 4.78 is 16.9. The monoisotopic (exact) mass is 1120 g/mol. The van der Waals surface area contributed by atoms with Gasteiger partial charge in [0.15, 0.2) is 6.10 Å². The van der Waals surface area contributed by atoms with Crippen LogP contribution in [0.15, 0.2) is 146 Å². The van der Waals surface area contributed by atoms with Crippen LogP contribution < -0.4 is 0 Å². The predicted molar refractivity (Wildman–Crippen MR) is 352 cm³/mol. The van der Waals surface area contributed by atoms with Gasteiger partial charge in [-0.25, -0.2) is 0 Å². The zero-order valence-electron chi connectivity index (χ0n) is 52.5. The molecule has 0 saturated carbocycles. The van der Waals surface area contributed by atoms with Gasteiger partial charge in [-0.05, 0) is 122 Å². The Kier molecular flexibility index (Phi) is 63.9. The van der Waals surface area contributed by atoms with Crippen LogP contribution in [0.25, 0.3) is 0 Å². The summed E-state index contributed by atoms with van der Waals surface area (Å²) in [5.74, 6) is -0.919. The Hall–Kier alpha value is -4.71. The number of hydrogen-bond donors (Lipinski definition) is 0. The zero-order chi connectivity index (χ0) is 58.5. The molecule has 0 bridgehead atoms. The number of ether oxygens (including phenoxy) is 3. The Labute approximate surface area is 499 Å². The number of esters is 3. The normalized spacial score (nSPS) is 13.1. The van der Waals surface area contributed by atoms with Gasteiger partial charge >= 0.3 is 17.9 Å². The Morgan fingerprint density at radius 1 is 0.259 bits per heavy atom. The number of carbonyl (C=O) groups is 3. The molecule has 0 aliphatic rings. The van der Waals surface area contributed by atoms with Gasteiger partial charge in [-0.15, -0.1) is 0 Å². The minimum Gasteiger partial charge on any atom is -0.462 e. The van der Waals surface area contributed by atoms with E-state index >= 15 is 0 Å². The SMILES string of the molecule is CC/C=C\C/C=C\C/C=C\C/C=C\C/C=C\C/C=C\C/C=C\CCCCCCCC(=O)OCC(COC(=O)CCCCCCCCCCCCCCC)OC(=O)CCCCCCCCC/C=C\C/C=C\C/C=C\C/C=C\C/C=C\CC. The van der Waals surface area contributed by atoms with Crippen molar-refractivity contribution in [3.63, 3.8) is 0 Å². The molecular weight excluding hydrogens is 997 g/mol. The predicted octanol–water partition coefficient (Wildman–Crippen LogP) is 23.1. The highest BCUT2D eigenvalue weighted by atomic mass is 16.6. The van der Waals surface area contributed by atoms with Crippen molar-refractivity contribution in [3.05, 3.63) is 146 Å². The van der Waals surface area contributed by atoms with Gasteiger partial charge in [0.25, 0.3) is 0 Å². The van der Waals surface area contributed by atoms with Crippen molar-refractivity contribution in [2.24, 2.45) is 0 Å². The van der Waals surface area contributed by atoms with E-state index in [9.17, 15) is 14.4 Å². The van der Waals surface area contributed by atoms with E-state index in [-0.39, 0.29) is 31.1 Å². The van der Waals surface area contributed by atoms with Crippen molar-refractivity contribution in [3.8, 4) is 0 Å². The van der Waals surface area contributed by atoms with Crippen molar-refractivity contribution in [2.45, 2.75) is 297 Å². The molecule has 1 atom stereocenters. The number of allylic oxidation sites excluding steroid dienone is 24. The molecule has 81 heavy (non-hydrogen) atoms. The first-order valence-electron chi connectivity index (χ1n) is 33.3. The second-order valence-electron chi connectivity index (χ2n) is 21.6. The van der Waals surface area contributed by atoms with Gasteiger partial charge in [0.2, 0.25) is 0 Å². The van der Waals surface area contributed by atoms with E-state index in [0.717, 1.165) is 167 Å². The maximum atomic E-state index is 12.9. The van der Waals surface area contributed by atoms with Gasteiger partial charge in [-0.1, -0.05) is 295 Å². The lowest BCUT2D eigenvalue weighted by Crippen LogP contribution is -2.30. The molecule has 0 spiro atoms. The van der Waals surface area contributed by atoms with Crippen LogP contribution in [0.2, 0.25) is 0 Å². The lowest BCUT2D eigenvalue weighted by Gasteiger charge is -2.18. The molecule has 0 rings (SSSR count). The summed E-state index contributed by atoms with van der Waals surface area (Å²) in [6.45, 7) is 6.40. The molecule has 0 N–H and O–H groups in total. The third-order valence-electron chi connectivity index (χ3n) is 13.8. The fourth-order valence-electron chi connectivity index (χ4n) is 8.92. The third-order valence-corrected chi connectivity index (χ3v) is 13.8.